The molecule has 4 nitrogen and oxygen atoms in total. The third-order valence-corrected chi connectivity index (χ3v) is 5.40. The van der Waals surface area contributed by atoms with E-state index in [-0.39, 0.29) is 5.25 Å². The van der Waals surface area contributed by atoms with Crippen molar-refractivity contribution in [2.24, 2.45) is 0 Å². The summed E-state index contributed by atoms with van der Waals surface area (Å²) >= 11 is 0. The maximum absolute atomic E-state index is 11.6. The molecule has 3 atom stereocenters. The van der Waals surface area contributed by atoms with Crippen LogP contribution in [0.1, 0.15) is 39.0 Å². The average molecular weight is 276 g/mol. The summed E-state index contributed by atoms with van der Waals surface area (Å²) < 4.78 is 23.2. The van der Waals surface area contributed by atoms with E-state index in [1.54, 1.807) is 0 Å². The predicted octanol–water partition coefficient (Wildman–Crippen LogP) is 1.27. The van der Waals surface area contributed by atoms with Crippen LogP contribution in [0.4, 0.5) is 0 Å². The van der Waals surface area contributed by atoms with Gasteiger partial charge in [0.25, 0.3) is 0 Å². The molecule has 3 unspecified atom stereocenters. The molecule has 0 radical (unpaired) electrons. The largest absolute Gasteiger partial charge is 0.311 e. The molecule has 1 aliphatic rings. The normalized spacial score (nSPS) is 27.4. The SMILES string of the molecule is CC(CCN(C)C)NC1CCCC(S(C)(=O)=O)C1. The van der Waals surface area contributed by atoms with Crippen LogP contribution in [0.2, 0.25) is 0 Å². The molecule has 0 bridgehead atoms. The van der Waals surface area contributed by atoms with Crippen molar-refractivity contribution >= 4 is 9.84 Å². The van der Waals surface area contributed by atoms with E-state index in [1.165, 1.54) is 6.26 Å². The van der Waals surface area contributed by atoms with Gasteiger partial charge in [-0.05, 0) is 53.2 Å². The van der Waals surface area contributed by atoms with Crippen molar-refractivity contribution in [3.8, 4) is 0 Å². The van der Waals surface area contributed by atoms with Crippen LogP contribution < -0.4 is 5.32 Å². The molecule has 0 heterocycles. The first-order valence-corrected chi connectivity index (χ1v) is 8.84. The zero-order valence-electron chi connectivity index (χ0n) is 12.1. The summed E-state index contributed by atoms with van der Waals surface area (Å²) in [6.07, 6.45) is 6.23. The van der Waals surface area contributed by atoms with Gasteiger partial charge in [-0.3, -0.25) is 0 Å². The first kappa shape index (κ1) is 15.9. The molecule has 18 heavy (non-hydrogen) atoms. The molecule has 0 aromatic rings. The Balaban J connectivity index is 2.38. The zero-order valence-corrected chi connectivity index (χ0v) is 13.0. The molecule has 1 saturated carbocycles. The lowest BCUT2D eigenvalue weighted by atomic mass is 9.94. The fourth-order valence-corrected chi connectivity index (χ4v) is 3.80. The van der Waals surface area contributed by atoms with E-state index in [1.807, 2.05) is 0 Å². The van der Waals surface area contributed by atoms with Crippen molar-refractivity contribution < 1.29 is 8.42 Å². The lowest BCUT2D eigenvalue weighted by Gasteiger charge is -2.31. The molecule has 0 aliphatic heterocycles. The summed E-state index contributed by atoms with van der Waals surface area (Å²) in [5.74, 6) is 0. The third kappa shape index (κ3) is 5.67. The summed E-state index contributed by atoms with van der Waals surface area (Å²) in [5.41, 5.74) is 0. The van der Waals surface area contributed by atoms with Crippen molar-refractivity contribution in [2.75, 3.05) is 26.9 Å². The van der Waals surface area contributed by atoms with Crippen LogP contribution in [0.5, 0.6) is 0 Å². The van der Waals surface area contributed by atoms with Crippen LogP contribution in [0.15, 0.2) is 0 Å². The molecule has 1 aliphatic carbocycles. The highest BCUT2D eigenvalue weighted by Gasteiger charge is 2.29. The van der Waals surface area contributed by atoms with E-state index < -0.39 is 9.84 Å². The minimum absolute atomic E-state index is 0.134. The smallest absolute Gasteiger partial charge is 0.150 e. The van der Waals surface area contributed by atoms with Crippen molar-refractivity contribution in [3.63, 3.8) is 0 Å². The van der Waals surface area contributed by atoms with Gasteiger partial charge in [0, 0.05) is 18.3 Å². The highest BCUT2D eigenvalue weighted by Crippen LogP contribution is 2.24. The van der Waals surface area contributed by atoms with Gasteiger partial charge >= 0.3 is 0 Å². The first-order valence-electron chi connectivity index (χ1n) is 6.88. The lowest BCUT2D eigenvalue weighted by molar-refractivity contribution is 0.311. The van der Waals surface area contributed by atoms with E-state index in [0.717, 1.165) is 38.6 Å². The van der Waals surface area contributed by atoms with Crippen molar-refractivity contribution in [1.82, 2.24) is 10.2 Å². The van der Waals surface area contributed by atoms with Crippen LogP contribution >= 0.6 is 0 Å². The molecule has 0 aromatic heterocycles. The van der Waals surface area contributed by atoms with Gasteiger partial charge in [0.15, 0.2) is 0 Å². The maximum Gasteiger partial charge on any atom is 0.150 e. The van der Waals surface area contributed by atoms with Crippen LogP contribution in [0, 0.1) is 0 Å². The second-order valence-corrected chi connectivity index (χ2v) is 8.30. The molecule has 1 rings (SSSR count). The Hall–Kier alpha value is -0.130. The first-order chi connectivity index (χ1) is 8.29. The number of sulfone groups is 1. The van der Waals surface area contributed by atoms with Gasteiger partial charge in [0.1, 0.15) is 9.84 Å². The molecule has 0 amide bonds. The van der Waals surface area contributed by atoms with Gasteiger partial charge in [0.05, 0.1) is 5.25 Å². The van der Waals surface area contributed by atoms with Crippen LogP contribution in [-0.4, -0.2) is 57.5 Å². The summed E-state index contributed by atoms with van der Waals surface area (Å²) in [4.78, 5) is 2.18. The zero-order chi connectivity index (χ0) is 13.8. The summed E-state index contributed by atoms with van der Waals surface area (Å²) in [7, 11) is 1.28. The topological polar surface area (TPSA) is 49.4 Å². The van der Waals surface area contributed by atoms with Gasteiger partial charge in [-0.2, -0.15) is 0 Å². The van der Waals surface area contributed by atoms with Gasteiger partial charge < -0.3 is 10.2 Å². The van der Waals surface area contributed by atoms with E-state index >= 15 is 0 Å². The Labute approximate surface area is 112 Å². The Morgan fingerprint density at radius 3 is 2.56 bits per heavy atom. The minimum atomic E-state index is -2.87. The van der Waals surface area contributed by atoms with Crippen LogP contribution in [0.3, 0.4) is 0 Å². The van der Waals surface area contributed by atoms with E-state index in [4.69, 9.17) is 0 Å². The van der Waals surface area contributed by atoms with Gasteiger partial charge in [0.2, 0.25) is 0 Å². The Kier molecular flexibility index (Phi) is 6.08. The fraction of sp³-hybridized carbons (Fsp3) is 1.00. The molecule has 0 aromatic carbocycles. The molecule has 5 heteroatoms. The average Bonchev–Trinajstić information content (AvgIpc) is 2.25. The highest BCUT2D eigenvalue weighted by atomic mass is 32.2. The summed E-state index contributed by atoms with van der Waals surface area (Å²) in [6.45, 7) is 3.25. The number of rotatable bonds is 6. The van der Waals surface area contributed by atoms with Crippen molar-refractivity contribution in [3.05, 3.63) is 0 Å². The molecule has 1 N–H and O–H groups in total. The van der Waals surface area contributed by atoms with E-state index in [2.05, 4.69) is 31.2 Å². The number of hydrogen-bond donors (Lipinski definition) is 1. The minimum Gasteiger partial charge on any atom is -0.311 e. The standard InChI is InChI=1S/C13H28N2O2S/c1-11(8-9-15(2)3)14-12-6-5-7-13(10-12)18(4,16)17/h11-14H,5-10H2,1-4H3. The third-order valence-electron chi connectivity index (χ3n) is 3.76. The molecule has 0 spiro atoms. The number of nitrogens with zero attached hydrogens (tertiary/aromatic N) is 1. The number of nitrogens with one attached hydrogen (secondary N) is 1. The maximum atomic E-state index is 11.6. The Morgan fingerprint density at radius 1 is 1.33 bits per heavy atom. The molecular weight excluding hydrogens is 248 g/mol. The lowest BCUT2D eigenvalue weighted by Crippen LogP contribution is -2.43. The molecule has 108 valence electrons. The Bertz CT molecular complexity index is 341. The van der Waals surface area contributed by atoms with Crippen LogP contribution in [-0.2, 0) is 9.84 Å². The molecular formula is C13H28N2O2S. The van der Waals surface area contributed by atoms with Gasteiger partial charge in [-0.1, -0.05) is 6.42 Å². The monoisotopic (exact) mass is 276 g/mol. The Morgan fingerprint density at radius 2 is 2.00 bits per heavy atom. The molecule has 0 saturated heterocycles. The second-order valence-electron chi connectivity index (χ2n) is 5.97. The highest BCUT2D eigenvalue weighted by molar-refractivity contribution is 7.91. The second kappa shape index (κ2) is 6.87. The van der Waals surface area contributed by atoms with Crippen molar-refractivity contribution in [2.45, 2.75) is 56.4 Å². The van der Waals surface area contributed by atoms with Gasteiger partial charge in [-0.25, -0.2) is 8.42 Å². The predicted molar refractivity (Wildman–Crippen MR) is 76.7 cm³/mol. The quantitative estimate of drug-likeness (QED) is 0.794. The number of hydrogen-bond acceptors (Lipinski definition) is 4. The fourth-order valence-electron chi connectivity index (χ4n) is 2.62. The summed E-state index contributed by atoms with van der Waals surface area (Å²) in [6, 6.07) is 0.825. The summed E-state index contributed by atoms with van der Waals surface area (Å²) in [5, 5.41) is 3.45. The van der Waals surface area contributed by atoms with E-state index in [9.17, 15) is 8.42 Å². The molecule has 1 fully saturated rings. The van der Waals surface area contributed by atoms with E-state index in [0.29, 0.717) is 12.1 Å². The van der Waals surface area contributed by atoms with Crippen LogP contribution in [0.25, 0.3) is 0 Å². The van der Waals surface area contributed by atoms with Crippen molar-refractivity contribution in [1.29, 1.82) is 0 Å². The van der Waals surface area contributed by atoms with Gasteiger partial charge in [-0.15, -0.1) is 0 Å².